The van der Waals surface area contributed by atoms with Crippen LogP contribution in [0.15, 0.2) is 30.5 Å². The molecular formula is C15H16N2O4S. The van der Waals surface area contributed by atoms with E-state index in [2.05, 4.69) is 10.3 Å². The maximum atomic E-state index is 11.8. The van der Waals surface area contributed by atoms with Crippen LogP contribution in [0.25, 0.3) is 0 Å². The Hall–Kier alpha value is -2.41. The minimum atomic E-state index is -1.01. The summed E-state index contributed by atoms with van der Waals surface area (Å²) in [4.78, 5) is 26.9. The Bertz CT molecular complexity index is 652. The van der Waals surface area contributed by atoms with Crippen molar-refractivity contribution in [3.8, 4) is 5.75 Å². The standard InChI is InChI=1S/C15H16N2O4S/c1-10-17-8-13(22-10)15(20)16-7-6-11-2-4-12(5-3-11)21-9-14(18)19/h2-5,8H,6-7,9H2,1H3,(H,16,20)(H,18,19). The number of hydrogen-bond donors (Lipinski definition) is 2. The Morgan fingerprint density at radius 3 is 2.64 bits per heavy atom. The predicted octanol–water partition coefficient (Wildman–Crippen LogP) is 1.89. The Kier molecular flexibility index (Phi) is 5.48. The van der Waals surface area contributed by atoms with Gasteiger partial charge in [0.25, 0.3) is 5.91 Å². The van der Waals surface area contributed by atoms with Gasteiger partial charge >= 0.3 is 5.97 Å². The van der Waals surface area contributed by atoms with Gasteiger partial charge in [-0.05, 0) is 31.0 Å². The van der Waals surface area contributed by atoms with E-state index < -0.39 is 5.97 Å². The number of aromatic nitrogens is 1. The zero-order valence-electron chi connectivity index (χ0n) is 12.0. The van der Waals surface area contributed by atoms with E-state index in [-0.39, 0.29) is 12.5 Å². The minimum absolute atomic E-state index is 0.119. The molecule has 0 aliphatic carbocycles. The van der Waals surface area contributed by atoms with E-state index in [0.29, 0.717) is 23.6 Å². The van der Waals surface area contributed by atoms with Gasteiger partial charge < -0.3 is 15.2 Å². The highest BCUT2D eigenvalue weighted by molar-refractivity contribution is 7.13. The van der Waals surface area contributed by atoms with Crippen LogP contribution in [-0.2, 0) is 11.2 Å². The Morgan fingerprint density at radius 1 is 1.32 bits per heavy atom. The molecule has 0 fully saturated rings. The van der Waals surface area contributed by atoms with Crippen molar-refractivity contribution >= 4 is 23.2 Å². The van der Waals surface area contributed by atoms with E-state index in [1.165, 1.54) is 11.3 Å². The second-order valence-electron chi connectivity index (χ2n) is 4.58. The SMILES string of the molecule is Cc1ncc(C(=O)NCCc2ccc(OCC(=O)O)cc2)s1. The van der Waals surface area contributed by atoms with E-state index in [1.54, 1.807) is 18.3 Å². The second-order valence-corrected chi connectivity index (χ2v) is 5.81. The van der Waals surface area contributed by atoms with Gasteiger partial charge in [-0.3, -0.25) is 4.79 Å². The first-order valence-corrected chi connectivity index (χ1v) is 7.50. The van der Waals surface area contributed by atoms with Gasteiger partial charge in [-0.2, -0.15) is 0 Å². The van der Waals surface area contributed by atoms with Crippen LogP contribution < -0.4 is 10.1 Å². The van der Waals surface area contributed by atoms with Crippen molar-refractivity contribution in [2.75, 3.05) is 13.2 Å². The molecule has 0 saturated carbocycles. The van der Waals surface area contributed by atoms with E-state index in [0.717, 1.165) is 10.6 Å². The summed E-state index contributed by atoms with van der Waals surface area (Å²) >= 11 is 1.36. The van der Waals surface area contributed by atoms with Gasteiger partial charge in [0.05, 0.1) is 11.2 Å². The summed E-state index contributed by atoms with van der Waals surface area (Å²) in [6.07, 6.45) is 2.26. The molecule has 2 N–H and O–H groups in total. The topological polar surface area (TPSA) is 88.5 Å². The number of nitrogens with one attached hydrogen (secondary N) is 1. The number of aryl methyl sites for hydroxylation is 1. The third-order valence-electron chi connectivity index (χ3n) is 2.83. The summed E-state index contributed by atoms with van der Waals surface area (Å²) in [5, 5.41) is 12.2. The summed E-state index contributed by atoms with van der Waals surface area (Å²) in [6.45, 7) is 2.02. The number of rotatable bonds is 7. The molecule has 22 heavy (non-hydrogen) atoms. The lowest BCUT2D eigenvalue weighted by atomic mass is 10.1. The lowest BCUT2D eigenvalue weighted by Gasteiger charge is -2.06. The largest absolute Gasteiger partial charge is 0.482 e. The van der Waals surface area contributed by atoms with Crippen LogP contribution in [-0.4, -0.2) is 35.1 Å². The van der Waals surface area contributed by atoms with Crippen molar-refractivity contribution in [1.29, 1.82) is 0 Å². The molecule has 0 saturated heterocycles. The van der Waals surface area contributed by atoms with Crippen molar-refractivity contribution in [2.45, 2.75) is 13.3 Å². The number of hydrogen-bond acceptors (Lipinski definition) is 5. The summed E-state index contributed by atoms with van der Waals surface area (Å²) in [6, 6.07) is 7.12. The van der Waals surface area contributed by atoms with E-state index in [4.69, 9.17) is 9.84 Å². The number of carbonyl (C=O) groups excluding carboxylic acids is 1. The smallest absolute Gasteiger partial charge is 0.341 e. The molecule has 7 heteroatoms. The molecule has 0 radical (unpaired) electrons. The number of benzene rings is 1. The zero-order chi connectivity index (χ0) is 15.9. The second kappa shape index (κ2) is 7.56. The number of carboxylic acids is 1. The lowest BCUT2D eigenvalue weighted by molar-refractivity contribution is -0.139. The van der Waals surface area contributed by atoms with Crippen LogP contribution >= 0.6 is 11.3 Å². The van der Waals surface area contributed by atoms with Gasteiger partial charge in [-0.25, -0.2) is 9.78 Å². The summed E-state index contributed by atoms with van der Waals surface area (Å²) in [5.74, 6) is -0.618. The predicted molar refractivity (Wildman–Crippen MR) is 82.5 cm³/mol. The molecule has 0 spiro atoms. The number of ether oxygens (including phenoxy) is 1. The highest BCUT2D eigenvalue weighted by Crippen LogP contribution is 2.13. The first-order chi connectivity index (χ1) is 10.5. The fraction of sp³-hybridized carbons (Fsp3) is 0.267. The Morgan fingerprint density at radius 2 is 2.05 bits per heavy atom. The van der Waals surface area contributed by atoms with Crippen molar-refractivity contribution in [2.24, 2.45) is 0 Å². The molecule has 2 aromatic rings. The summed E-state index contributed by atoms with van der Waals surface area (Å²) in [7, 11) is 0. The van der Waals surface area contributed by atoms with Gasteiger partial charge in [0, 0.05) is 6.54 Å². The normalized spacial score (nSPS) is 10.2. The number of aliphatic carboxylic acids is 1. The van der Waals surface area contributed by atoms with Gasteiger partial charge in [0.15, 0.2) is 6.61 Å². The van der Waals surface area contributed by atoms with Crippen LogP contribution in [0.5, 0.6) is 5.75 Å². The van der Waals surface area contributed by atoms with Gasteiger partial charge in [-0.1, -0.05) is 12.1 Å². The third-order valence-corrected chi connectivity index (χ3v) is 3.74. The highest BCUT2D eigenvalue weighted by atomic mass is 32.1. The van der Waals surface area contributed by atoms with Crippen molar-refractivity contribution in [3.63, 3.8) is 0 Å². The minimum Gasteiger partial charge on any atom is -0.482 e. The van der Waals surface area contributed by atoms with Crippen molar-refractivity contribution in [1.82, 2.24) is 10.3 Å². The fourth-order valence-corrected chi connectivity index (χ4v) is 2.47. The lowest BCUT2D eigenvalue weighted by Crippen LogP contribution is -2.24. The molecule has 0 unspecified atom stereocenters. The molecule has 0 atom stereocenters. The Balaban J connectivity index is 1.77. The van der Waals surface area contributed by atoms with Crippen LogP contribution in [0.1, 0.15) is 20.2 Å². The van der Waals surface area contributed by atoms with Crippen LogP contribution in [0.3, 0.4) is 0 Å². The van der Waals surface area contributed by atoms with Gasteiger partial charge in [-0.15, -0.1) is 11.3 Å². The molecular weight excluding hydrogens is 304 g/mol. The van der Waals surface area contributed by atoms with Crippen LogP contribution in [0.4, 0.5) is 0 Å². The molecule has 0 aliphatic heterocycles. The van der Waals surface area contributed by atoms with Gasteiger partial charge in [0.2, 0.25) is 0 Å². The number of carboxylic acid groups (broad SMARTS) is 1. The fourth-order valence-electron chi connectivity index (χ4n) is 1.77. The molecule has 6 nitrogen and oxygen atoms in total. The first-order valence-electron chi connectivity index (χ1n) is 6.69. The quantitative estimate of drug-likeness (QED) is 0.813. The van der Waals surface area contributed by atoms with E-state index in [9.17, 15) is 9.59 Å². The van der Waals surface area contributed by atoms with E-state index in [1.807, 2.05) is 19.1 Å². The Labute approximate surface area is 131 Å². The van der Waals surface area contributed by atoms with Gasteiger partial charge in [0.1, 0.15) is 10.6 Å². The molecule has 1 aromatic carbocycles. The van der Waals surface area contributed by atoms with Crippen LogP contribution in [0, 0.1) is 6.92 Å². The monoisotopic (exact) mass is 320 g/mol. The molecule has 2 rings (SSSR count). The molecule has 1 amide bonds. The molecule has 0 aliphatic rings. The average molecular weight is 320 g/mol. The zero-order valence-corrected chi connectivity index (χ0v) is 12.9. The molecule has 0 bridgehead atoms. The van der Waals surface area contributed by atoms with Crippen LogP contribution in [0.2, 0.25) is 0 Å². The molecule has 1 aromatic heterocycles. The first kappa shape index (κ1) is 16.0. The number of thiazole rings is 1. The molecule has 116 valence electrons. The van der Waals surface area contributed by atoms with E-state index >= 15 is 0 Å². The summed E-state index contributed by atoms with van der Waals surface area (Å²) < 4.78 is 5.05. The number of amides is 1. The number of nitrogens with zero attached hydrogens (tertiary/aromatic N) is 1. The maximum absolute atomic E-state index is 11.8. The molecule has 1 heterocycles. The third kappa shape index (κ3) is 4.85. The summed E-state index contributed by atoms with van der Waals surface area (Å²) in [5.41, 5.74) is 1.03. The number of carbonyl (C=O) groups is 2. The average Bonchev–Trinajstić information content (AvgIpc) is 2.93. The highest BCUT2D eigenvalue weighted by Gasteiger charge is 2.08. The van der Waals surface area contributed by atoms with Crippen molar-refractivity contribution < 1.29 is 19.4 Å². The maximum Gasteiger partial charge on any atom is 0.341 e. The van der Waals surface area contributed by atoms with Crippen molar-refractivity contribution in [3.05, 3.63) is 45.9 Å².